The van der Waals surface area contributed by atoms with Crippen molar-refractivity contribution in [1.82, 2.24) is 0 Å². The van der Waals surface area contributed by atoms with Gasteiger partial charge in [0, 0.05) is 5.92 Å². The molecule has 2 saturated heterocycles. The number of ether oxygens (including phenoxy) is 2. The summed E-state index contributed by atoms with van der Waals surface area (Å²) >= 11 is 0. The van der Waals surface area contributed by atoms with Gasteiger partial charge in [-0.15, -0.1) is 0 Å². The van der Waals surface area contributed by atoms with E-state index in [0.717, 1.165) is 30.4 Å². The Bertz CT molecular complexity index is 546. The Labute approximate surface area is 125 Å². The van der Waals surface area contributed by atoms with Gasteiger partial charge in [0.1, 0.15) is 0 Å². The summed E-state index contributed by atoms with van der Waals surface area (Å²) < 4.78 is 11.0. The second kappa shape index (κ2) is 5.64. The van der Waals surface area contributed by atoms with Gasteiger partial charge in [-0.25, -0.2) is 0 Å². The average Bonchev–Trinajstić information content (AvgIpc) is 2.88. The number of rotatable bonds is 3. The van der Waals surface area contributed by atoms with Crippen LogP contribution in [0.15, 0.2) is 30.8 Å². The second-order valence-electron chi connectivity index (χ2n) is 6.17. The quantitative estimate of drug-likeness (QED) is 0.797. The first kappa shape index (κ1) is 14.3. The van der Waals surface area contributed by atoms with Gasteiger partial charge in [-0.3, -0.25) is 4.79 Å². The Morgan fingerprint density at radius 2 is 2.00 bits per heavy atom. The molecule has 112 valence electrons. The number of esters is 1. The van der Waals surface area contributed by atoms with Gasteiger partial charge < -0.3 is 9.47 Å². The predicted octanol–water partition coefficient (Wildman–Crippen LogP) is 3.54. The molecule has 0 saturated carbocycles. The number of carbonyl (C=O) groups excluding carboxylic acids is 1. The Kier molecular flexibility index (Phi) is 3.85. The zero-order chi connectivity index (χ0) is 15.0. The van der Waals surface area contributed by atoms with Gasteiger partial charge in [0.25, 0.3) is 0 Å². The molecule has 1 aromatic rings. The predicted molar refractivity (Wildman–Crippen MR) is 81.9 cm³/mol. The first-order valence-corrected chi connectivity index (χ1v) is 7.59. The Balaban J connectivity index is 1.90. The molecular weight excluding hydrogens is 264 g/mol. The van der Waals surface area contributed by atoms with Crippen LogP contribution in [0, 0.1) is 5.92 Å². The number of allylic oxidation sites excluding steroid dienone is 1. The third-order valence-electron chi connectivity index (χ3n) is 4.80. The van der Waals surface area contributed by atoms with Crippen LogP contribution in [-0.2, 0) is 14.3 Å². The summed E-state index contributed by atoms with van der Waals surface area (Å²) in [5.41, 5.74) is 3.40. The van der Waals surface area contributed by atoms with Gasteiger partial charge >= 0.3 is 5.97 Å². The van der Waals surface area contributed by atoms with E-state index in [0.29, 0.717) is 6.10 Å². The topological polar surface area (TPSA) is 35.5 Å². The molecular formula is C18H22O3. The van der Waals surface area contributed by atoms with Gasteiger partial charge in [-0.2, -0.15) is 0 Å². The maximum absolute atomic E-state index is 12.2. The van der Waals surface area contributed by atoms with Crippen molar-refractivity contribution < 1.29 is 14.3 Å². The van der Waals surface area contributed by atoms with Gasteiger partial charge in [0.15, 0.2) is 0 Å². The highest BCUT2D eigenvalue weighted by Gasteiger charge is 2.47. The summed E-state index contributed by atoms with van der Waals surface area (Å²) in [5, 5.41) is 0. The average molecular weight is 286 g/mol. The fourth-order valence-corrected chi connectivity index (χ4v) is 3.67. The molecule has 21 heavy (non-hydrogen) atoms. The Morgan fingerprint density at radius 1 is 1.29 bits per heavy atom. The van der Waals surface area contributed by atoms with Crippen LogP contribution < -0.4 is 0 Å². The lowest BCUT2D eigenvalue weighted by Gasteiger charge is -2.35. The summed E-state index contributed by atoms with van der Waals surface area (Å²) in [6.45, 7) is 5.96. The molecule has 2 bridgehead atoms. The highest BCUT2D eigenvalue weighted by molar-refractivity contribution is 5.75. The Morgan fingerprint density at radius 3 is 2.62 bits per heavy atom. The van der Waals surface area contributed by atoms with E-state index in [2.05, 4.69) is 30.8 Å². The lowest BCUT2D eigenvalue weighted by Crippen LogP contribution is -2.39. The summed E-state index contributed by atoms with van der Waals surface area (Å²) in [4.78, 5) is 12.2. The van der Waals surface area contributed by atoms with E-state index in [-0.39, 0.29) is 23.9 Å². The van der Waals surface area contributed by atoms with Crippen molar-refractivity contribution >= 4 is 11.5 Å². The second-order valence-corrected chi connectivity index (χ2v) is 6.17. The number of hydrogen-bond donors (Lipinski definition) is 0. The van der Waals surface area contributed by atoms with Crippen molar-refractivity contribution in [2.75, 3.05) is 7.11 Å². The summed E-state index contributed by atoms with van der Waals surface area (Å²) in [5.74, 6) is -0.123. The van der Waals surface area contributed by atoms with Crippen molar-refractivity contribution in [3.05, 3.63) is 42.0 Å². The molecule has 0 aromatic heterocycles. The summed E-state index contributed by atoms with van der Waals surface area (Å²) in [7, 11) is 1.46. The molecule has 0 amide bonds. The van der Waals surface area contributed by atoms with Crippen LogP contribution in [0.25, 0.3) is 5.57 Å². The number of fused-ring (bicyclic) bond motifs is 2. The van der Waals surface area contributed by atoms with Crippen LogP contribution in [0.2, 0.25) is 0 Å². The van der Waals surface area contributed by atoms with E-state index in [1.165, 1.54) is 12.7 Å². The first-order chi connectivity index (χ1) is 10.1. The minimum absolute atomic E-state index is 0.0158. The SMILES string of the molecule is C=C(C)c1ccc([C@@H]2CC3CC[C@H](O3)[C@H]2C(=O)OC)cc1. The van der Waals surface area contributed by atoms with Crippen molar-refractivity contribution in [2.45, 2.75) is 44.3 Å². The lowest BCUT2D eigenvalue weighted by atomic mass is 9.79. The van der Waals surface area contributed by atoms with Crippen LogP contribution in [0.3, 0.4) is 0 Å². The molecule has 2 heterocycles. The molecule has 1 unspecified atom stereocenters. The fraction of sp³-hybridized carbons (Fsp3) is 0.500. The van der Waals surface area contributed by atoms with Crippen molar-refractivity contribution in [2.24, 2.45) is 5.92 Å². The smallest absolute Gasteiger partial charge is 0.311 e. The molecule has 2 aliphatic rings. The van der Waals surface area contributed by atoms with Crippen LogP contribution in [-0.4, -0.2) is 25.3 Å². The minimum atomic E-state index is -0.176. The number of benzene rings is 1. The summed E-state index contributed by atoms with van der Waals surface area (Å²) in [6, 6.07) is 8.41. The molecule has 0 N–H and O–H groups in total. The van der Waals surface area contributed by atoms with Crippen molar-refractivity contribution in [1.29, 1.82) is 0 Å². The first-order valence-electron chi connectivity index (χ1n) is 7.59. The molecule has 0 radical (unpaired) electrons. The van der Waals surface area contributed by atoms with Crippen LogP contribution in [0.1, 0.15) is 43.2 Å². The molecule has 4 atom stereocenters. The van der Waals surface area contributed by atoms with Crippen LogP contribution in [0.4, 0.5) is 0 Å². The highest BCUT2D eigenvalue weighted by Crippen LogP contribution is 2.45. The van der Waals surface area contributed by atoms with E-state index < -0.39 is 0 Å². The molecule has 2 fully saturated rings. The van der Waals surface area contributed by atoms with Crippen molar-refractivity contribution in [3.8, 4) is 0 Å². The molecule has 0 spiro atoms. The van der Waals surface area contributed by atoms with Gasteiger partial charge in [0.2, 0.25) is 0 Å². The molecule has 0 aliphatic carbocycles. The molecule has 3 nitrogen and oxygen atoms in total. The van der Waals surface area contributed by atoms with E-state index in [4.69, 9.17) is 9.47 Å². The summed E-state index contributed by atoms with van der Waals surface area (Å²) in [6.07, 6.45) is 3.23. The molecule has 3 heteroatoms. The maximum Gasteiger partial charge on any atom is 0.311 e. The zero-order valence-corrected chi connectivity index (χ0v) is 12.7. The van der Waals surface area contributed by atoms with Crippen LogP contribution in [0.5, 0.6) is 0 Å². The van der Waals surface area contributed by atoms with Crippen molar-refractivity contribution in [3.63, 3.8) is 0 Å². The zero-order valence-electron chi connectivity index (χ0n) is 12.7. The largest absolute Gasteiger partial charge is 0.469 e. The molecule has 2 aliphatic heterocycles. The van der Waals surface area contributed by atoms with Gasteiger partial charge in [-0.1, -0.05) is 36.4 Å². The Hall–Kier alpha value is -1.61. The lowest BCUT2D eigenvalue weighted by molar-refractivity contribution is -0.156. The van der Waals surface area contributed by atoms with Crippen LogP contribution >= 0.6 is 0 Å². The van der Waals surface area contributed by atoms with Gasteiger partial charge in [-0.05, 0) is 37.3 Å². The standard InChI is InChI=1S/C18H22O3/c1-11(2)12-4-6-13(7-5-12)15-10-14-8-9-16(21-14)17(15)18(19)20-3/h4-7,14-17H,1,8-10H2,2-3H3/t14?,15-,16-,17-/m0/s1. The monoisotopic (exact) mass is 286 g/mol. The number of hydrogen-bond acceptors (Lipinski definition) is 3. The van der Waals surface area contributed by atoms with Gasteiger partial charge in [0.05, 0.1) is 25.2 Å². The van der Waals surface area contributed by atoms with E-state index in [9.17, 15) is 4.79 Å². The van der Waals surface area contributed by atoms with E-state index in [1.807, 2.05) is 6.92 Å². The maximum atomic E-state index is 12.2. The normalized spacial score (nSPS) is 31.0. The molecule has 1 aromatic carbocycles. The minimum Gasteiger partial charge on any atom is -0.469 e. The number of carbonyl (C=O) groups is 1. The number of methoxy groups -OCH3 is 1. The fourth-order valence-electron chi connectivity index (χ4n) is 3.67. The third kappa shape index (κ3) is 2.62. The highest BCUT2D eigenvalue weighted by atomic mass is 16.5. The van der Waals surface area contributed by atoms with E-state index >= 15 is 0 Å². The van der Waals surface area contributed by atoms with E-state index in [1.54, 1.807) is 0 Å². The third-order valence-corrected chi connectivity index (χ3v) is 4.80. The molecule has 3 rings (SSSR count).